The number of fused-ring (bicyclic) bond motifs is 4. The summed E-state index contributed by atoms with van der Waals surface area (Å²) in [4.78, 5) is 81.2. The zero-order valence-electron chi connectivity index (χ0n) is 37.1. The number of benzene rings is 2. The molecule has 0 bridgehead atoms. The second kappa shape index (κ2) is 17.3. The number of hydrogen-bond acceptors (Lipinski definition) is 14. The highest BCUT2D eigenvalue weighted by atomic mass is 19.1. The minimum Gasteiger partial charge on any atom is -0.494 e. The lowest BCUT2D eigenvalue weighted by atomic mass is 9.94. The summed E-state index contributed by atoms with van der Waals surface area (Å²) in [5.41, 5.74) is 3.86. The van der Waals surface area contributed by atoms with E-state index in [9.17, 15) is 24.0 Å². The highest BCUT2D eigenvalue weighted by Gasteiger charge is 2.45. The molecule has 5 amide bonds. The quantitative estimate of drug-likeness (QED) is 0.177. The molecular weight excluding hydrogens is 862 g/mol. The van der Waals surface area contributed by atoms with Crippen LogP contribution in [0.2, 0.25) is 0 Å². The van der Waals surface area contributed by atoms with Gasteiger partial charge in [0.2, 0.25) is 23.6 Å². The van der Waals surface area contributed by atoms with E-state index in [1.807, 2.05) is 23.1 Å². The molecule has 6 aliphatic rings. The summed E-state index contributed by atoms with van der Waals surface area (Å²) in [5.74, 6) is 0.140. The fourth-order valence-corrected chi connectivity index (χ4v) is 10.7. The molecule has 19 heteroatoms. The monoisotopic (exact) mass is 911 g/mol. The molecule has 1 atom stereocenters. The molecule has 346 valence electrons. The van der Waals surface area contributed by atoms with Crippen LogP contribution in [0.4, 0.5) is 27.4 Å². The minimum atomic E-state index is -0.984. The molecule has 3 saturated heterocycles. The Bertz CT molecular complexity index is 2850. The van der Waals surface area contributed by atoms with Gasteiger partial charge in [-0.15, -0.1) is 0 Å². The zero-order chi connectivity index (χ0) is 45.9. The van der Waals surface area contributed by atoms with Crippen molar-refractivity contribution in [3.8, 4) is 22.8 Å². The third-order valence-corrected chi connectivity index (χ3v) is 14.2. The summed E-state index contributed by atoms with van der Waals surface area (Å²) in [6, 6.07) is 11.5. The number of nitrogens with one attached hydrogen (secondary N) is 3. The van der Waals surface area contributed by atoms with E-state index in [-0.39, 0.29) is 36.9 Å². The number of rotatable bonds is 9. The summed E-state index contributed by atoms with van der Waals surface area (Å²) >= 11 is 0. The first-order chi connectivity index (χ1) is 32.6. The van der Waals surface area contributed by atoms with Gasteiger partial charge in [-0.05, 0) is 79.8 Å². The van der Waals surface area contributed by atoms with Crippen LogP contribution < -0.4 is 30.3 Å². The summed E-state index contributed by atoms with van der Waals surface area (Å²) in [6.45, 7) is 6.35. The number of carbonyl (C=O) groups is 5. The molecule has 18 nitrogen and oxygen atoms in total. The number of halogens is 1. The van der Waals surface area contributed by atoms with Crippen LogP contribution in [0.3, 0.4) is 0 Å². The second-order valence-corrected chi connectivity index (χ2v) is 18.2. The van der Waals surface area contributed by atoms with Crippen molar-refractivity contribution in [1.29, 1.82) is 0 Å². The van der Waals surface area contributed by atoms with E-state index in [1.54, 1.807) is 35.3 Å². The third-order valence-electron chi connectivity index (χ3n) is 14.2. The predicted octanol–water partition coefficient (Wildman–Crippen LogP) is 4.36. The van der Waals surface area contributed by atoms with E-state index >= 15 is 4.39 Å². The molecule has 0 spiro atoms. The molecule has 6 aliphatic heterocycles. The van der Waals surface area contributed by atoms with Crippen LogP contribution in [0.15, 0.2) is 54.9 Å². The number of hydrogen-bond donors (Lipinski definition) is 3. The molecule has 0 saturated carbocycles. The Morgan fingerprint density at radius 2 is 1.64 bits per heavy atom. The first-order valence-corrected chi connectivity index (χ1v) is 23.1. The normalized spacial score (nSPS) is 20.5. The van der Waals surface area contributed by atoms with Crippen LogP contribution in [0.5, 0.6) is 11.6 Å². The molecule has 67 heavy (non-hydrogen) atoms. The van der Waals surface area contributed by atoms with Crippen molar-refractivity contribution in [2.45, 2.75) is 63.6 Å². The van der Waals surface area contributed by atoms with E-state index in [0.29, 0.717) is 83.1 Å². The number of carbonyl (C=O) groups excluding carboxylic acids is 5. The maximum Gasteiger partial charge on any atom is 0.262 e. The molecule has 9 heterocycles. The average Bonchev–Trinajstić information content (AvgIpc) is 3.77. The number of anilines is 4. The molecule has 3 N–H and O–H groups in total. The molecular formula is C48H50FN11O7. The number of piperidine rings is 3. The van der Waals surface area contributed by atoms with E-state index in [1.165, 1.54) is 13.2 Å². The van der Waals surface area contributed by atoms with Gasteiger partial charge in [-0.2, -0.15) is 5.10 Å². The standard InChI is InChI=1S/C48H50FN11O7/c1-66-44-36(24-52-46-43(44)50-11-17-67-46)34-18-28-20-39(51-23-29(28)19-37(34)49)53-40-22-32-10-16-58(42(62)26-59(32)55-40)30-8-12-56(13-9-30)25-27-6-14-57(15-7-27)31-2-3-33-35(21-31)48(65)60(47(33)64)38-4-5-41(61)54-45(38)63/h2-3,18-24,27,30,38,50H,4-17,25-26H2,1H3,(H,51,53,55)(H,54,61,63). The van der Waals surface area contributed by atoms with Gasteiger partial charge in [0.1, 0.15) is 36.5 Å². The first kappa shape index (κ1) is 42.5. The van der Waals surface area contributed by atoms with Gasteiger partial charge in [-0.1, -0.05) is 0 Å². The largest absolute Gasteiger partial charge is 0.494 e. The number of imide groups is 2. The van der Waals surface area contributed by atoms with Gasteiger partial charge in [0, 0.05) is 111 Å². The lowest BCUT2D eigenvalue weighted by molar-refractivity contribution is -0.136. The van der Waals surface area contributed by atoms with E-state index < -0.39 is 35.5 Å². The van der Waals surface area contributed by atoms with Crippen LogP contribution in [0.25, 0.3) is 21.9 Å². The van der Waals surface area contributed by atoms with Crippen LogP contribution in [0.1, 0.15) is 64.9 Å². The third kappa shape index (κ3) is 7.93. The molecule has 11 rings (SSSR count). The number of ether oxygens (including phenoxy) is 2. The van der Waals surface area contributed by atoms with Crippen molar-refractivity contribution >= 4 is 63.3 Å². The van der Waals surface area contributed by atoms with Crippen LogP contribution in [-0.2, 0) is 27.3 Å². The Labute approximate surface area is 384 Å². The van der Waals surface area contributed by atoms with Gasteiger partial charge < -0.3 is 34.8 Å². The Balaban J connectivity index is 0.667. The molecule has 1 unspecified atom stereocenters. The number of nitrogens with zero attached hydrogens (tertiary/aromatic N) is 8. The maximum atomic E-state index is 15.5. The lowest BCUT2D eigenvalue weighted by Gasteiger charge is -2.41. The lowest BCUT2D eigenvalue weighted by Crippen LogP contribution is -2.54. The molecule has 0 radical (unpaired) electrons. The van der Waals surface area contributed by atoms with E-state index in [2.05, 4.69) is 35.7 Å². The molecule has 3 fully saturated rings. The zero-order valence-corrected chi connectivity index (χ0v) is 37.1. The van der Waals surface area contributed by atoms with Gasteiger partial charge >= 0.3 is 0 Å². The summed E-state index contributed by atoms with van der Waals surface area (Å²) in [7, 11) is 1.54. The number of amides is 5. The van der Waals surface area contributed by atoms with Crippen molar-refractivity contribution in [3.63, 3.8) is 0 Å². The fraction of sp³-hybridized carbons (Fsp3) is 0.417. The van der Waals surface area contributed by atoms with Crippen molar-refractivity contribution in [2.24, 2.45) is 5.92 Å². The predicted molar refractivity (Wildman–Crippen MR) is 244 cm³/mol. The smallest absolute Gasteiger partial charge is 0.262 e. The van der Waals surface area contributed by atoms with Gasteiger partial charge in [0.15, 0.2) is 11.6 Å². The van der Waals surface area contributed by atoms with Crippen LogP contribution in [0, 0.1) is 11.7 Å². The minimum absolute atomic E-state index is 0.0627. The van der Waals surface area contributed by atoms with Gasteiger partial charge in [0.25, 0.3) is 11.8 Å². The first-order valence-electron chi connectivity index (χ1n) is 23.1. The van der Waals surface area contributed by atoms with Gasteiger partial charge in [-0.3, -0.25) is 38.9 Å². The topological polar surface area (TPSA) is 196 Å². The van der Waals surface area contributed by atoms with Crippen molar-refractivity contribution in [3.05, 3.63) is 77.5 Å². The molecule has 3 aromatic heterocycles. The summed E-state index contributed by atoms with van der Waals surface area (Å²) < 4.78 is 28.7. The van der Waals surface area contributed by atoms with Crippen molar-refractivity contribution < 1.29 is 37.8 Å². The molecule has 0 aliphatic carbocycles. The molecule has 2 aromatic carbocycles. The number of methoxy groups -OCH3 is 1. The second-order valence-electron chi connectivity index (χ2n) is 18.2. The van der Waals surface area contributed by atoms with E-state index in [4.69, 9.17) is 14.6 Å². The number of aromatic nitrogens is 4. The Kier molecular flexibility index (Phi) is 10.9. The number of likely N-dealkylation sites (tertiary alicyclic amines) is 1. The highest BCUT2D eigenvalue weighted by Crippen LogP contribution is 2.44. The van der Waals surface area contributed by atoms with Gasteiger partial charge in [0.05, 0.1) is 18.2 Å². The Morgan fingerprint density at radius 1 is 0.821 bits per heavy atom. The Hall–Kier alpha value is -7.15. The number of pyridine rings is 2. The Morgan fingerprint density at radius 3 is 2.45 bits per heavy atom. The fourth-order valence-electron chi connectivity index (χ4n) is 10.7. The van der Waals surface area contributed by atoms with Crippen LogP contribution >= 0.6 is 0 Å². The van der Waals surface area contributed by atoms with Gasteiger partial charge in [-0.25, -0.2) is 14.4 Å². The highest BCUT2D eigenvalue weighted by molar-refractivity contribution is 6.23. The summed E-state index contributed by atoms with van der Waals surface area (Å²) in [6.07, 6.45) is 7.89. The average molecular weight is 912 g/mol. The summed E-state index contributed by atoms with van der Waals surface area (Å²) in [5, 5.41) is 14.9. The van der Waals surface area contributed by atoms with Crippen molar-refractivity contribution in [1.82, 2.24) is 39.8 Å². The van der Waals surface area contributed by atoms with Crippen LogP contribution in [-0.4, -0.2) is 136 Å². The van der Waals surface area contributed by atoms with Crippen molar-refractivity contribution in [2.75, 3.05) is 75.1 Å². The maximum absolute atomic E-state index is 15.5. The molecule has 5 aromatic rings. The SMILES string of the molecule is COc1c(-c2cc3cc(Nc4cc5n(n4)CC(=O)N(C4CCN(CC6CCN(c7ccc8c(c7)C(=O)N(C7CCC(=O)NC7=O)C8=O)CC6)CC4)CC5)ncc3cc2F)cnc2c1NCCO2. The van der Waals surface area contributed by atoms with E-state index in [0.717, 1.165) is 80.1 Å².